The van der Waals surface area contributed by atoms with E-state index in [4.69, 9.17) is 22.1 Å². The molecule has 0 aromatic heterocycles. The van der Waals surface area contributed by atoms with Gasteiger partial charge in [-0.05, 0) is 32.2 Å². The molecule has 0 radical (unpaired) electrons. The molecular formula is C14H19ClN2O. The topological polar surface area (TPSA) is 38.5 Å². The van der Waals surface area contributed by atoms with E-state index in [0.717, 1.165) is 35.7 Å². The van der Waals surface area contributed by atoms with Crippen molar-refractivity contribution in [2.24, 2.45) is 5.73 Å². The van der Waals surface area contributed by atoms with Gasteiger partial charge < -0.3 is 10.5 Å². The summed E-state index contributed by atoms with van der Waals surface area (Å²) in [5.74, 6) is 0.903. The second-order valence-corrected chi connectivity index (χ2v) is 6.18. The molecule has 2 aliphatic rings. The lowest BCUT2D eigenvalue weighted by molar-refractivity contribution is 0.0463. The van der Waals surface area contributed by atoms with Crippen LogP contribution in [0.3, 0.4) is 0 Å². The first kappa shape index (κ1) is 12.3. The average Bonchev–Trinajstić information content (AvgIpc) is 2.55. The molecule has 4 heteroatoms. The first-order chi connectivity index (χ1) is 8.49. The molecule has 0 bridgehead atoms. The number of hydrogen-bond acceptors (Lipinski definition) is 3. The molecule has 0 aliphatic carbocycles. The summed E-state index contributed by atoms with van der Waals surface area (Å²) >= 11 is 6.02. The van der Waals surface area contributed by atoms with Crippen LogP contribution in [0.2, 0.25) is 5.02 Å². The highest BCUT2D eigenvalue weighted by atomic mass is 35.5. The van der Waals surface area contributed by atoms with Gasteiger partial charge in [0.15, 0.2) is 0 Å². The number of nitrogens with two attached hydrogens (primary N) is 1. The predicted octanol–water partition coefficient (Wildman–Crippen LogP) is 2.59. The number of benzene rings is 1. The van der Waals surface area contributed by atoms with Gasteiger partial charge in [-0.25, -0.2) is 0 Å². The fourth-order valence-corrected chi connectivity index (χ4v) is 3.46. The number of hydrogen-bond donors (Lipinski definition) is 1. The van der Waals surface area contributed by atoms with Crippen LogP contribution in [0.1, 0.15) is 31.4 Å². The molecule has 1 aromatic carbocycles. The summed E-state index contributed by atoms with van der Waals surface area (Å²) < 4.78 is 6.27. The number of rotatable bonds is 0. The molecule has 3 atom stereocenters. The second-order valence-electron chi connectivity index (χ2n) is 5.75. The van der Waals surface area contributed by atoms with E-state index in [9.17, 15) is 0 Å². The molecule has 1 fully saturated rings. The van der Waals surface area contributed by atoms with Gasteiger partial charge in [0.05, 0.1) is 0 Å². The number of nitrogens with zero attached hydrogens (tertiary/aromatic N) is 1. The standard InChI is InChI=1S/C14H19ClN2O/c1-9-6-14(8-17(9)2)7-12(16)11-5-10(15)3-4-13(11)18-14/h3-5,9,12H,6-8,16H2,1-2H3. The van der Waals surface area contributed by atoms with Gasteiger partial charge >= 0.3 is 0 Å². The van der Waals surface area contributed by atoms with Crippen molar-refractivity contribution in [3.63, 3.8) is 0 Å². The van der Waals surface area contributed by atoms with Gasteiger partial charge in [-0.2, -0.15) is 0 Å². The summed E-state index contributed by atoms with van der Waals surface area (Å²) in [6, 6.07) is 6.31. The lowest BCUT2D eigenvalue weighted by atomic mass is 9.86. The summed E-state index contributed by atoms with van der Waals surface area (Å²) in [7, 11) is 2.14. The van der Waals surface area contributed by atoms with E-state index in [2.05, 4.69) is 18.9 Å². The van der Waals surface area contributed by atoms with Gasteiger partial charge in [-0.3, -0.25) is 4.90 Å². The SMILES string of the molecule is CC1CC2(CC(N)c3cc(Cl)ccc3O2)CN1C. The quantitative estimate of drug-likeness (QED) is 0.784. The van der Waals surface area contributed by atoms with Crippen molar-refractivity contribution >= 4 is 11.6 Å². The molecule has 1 aromatic rings. The van der Waals surface area contributed by atoms with Gasteiger partial charge in [0.1, 0.15) is 11.4 Å². The Morgan fingerprint density at radius 3 is 2.89 bits per heavy atom. The summed E-state index contributed by atoms with van der Waals surface area (Å²) in [6.07, 6.45) is 1.91. The lowest BCUT2D eigenvalue weighted by Crippen LogP contribution is -2.44. The number of halogens is 1. The van der Waals surface area contributed by atoms with Crippen LogP contribution < -0.4 is 10.5 Å². The molecule has 1 saturated heterocycles. The first-order valence-corrected chi connectivity index (χ1v) is 6.81. The maximum atomic E-state index is 6.30. The van der Waals surface area contributed by atoms with E-state index in [1.807, 2.05) is 18.2 Å². The second kappa shape index (κ2) is 4.12. The minimum absolute atomic E-state index is 0.0196. The maximum absolute atomic E-state index is 6.30. The highest BCUT2D eigenvalue weighted by molar-refractivity contribution is 6.30. The van der Waals surface area contributed by atoms with Crippen LogP contribution in [0.25, 0.3) is 0 Å². The highest BCUT2D eigenvalue weighted by Crippen LogP contribution is 2.44. The normalized spacial score (nSPS) is 35.6. The molecule has 18 heavy (non-hydrogen) atoms. The molecule has 3 rings (SSSR count). The molecule has 2 aliphatic heterocycles. The third-order valence-electron chi connectivity index (χ3n) is 4.25. The molecule has 0 amide bonds. The van der Waals surface area contributed by atoms with Crippen LogP contribution in [0.5, 0.6) is 5.75 Å². The van der Waals surface area contributed by atoms with Crippen LogP contribution >= 0.6 is 11.6 Å². The van der Waals surface area contributed by atoms with Crippen molar-refractivity contribution < 1.29 is 4.74 Å². The molecule has 0 saturated carbocycles. The predicted molar refractivity (Wildman–Crippen MR) is 73.1 cm³/mol. The van der Waals surface area contributed by atoms with Gasteiger partial charge in [0.2, 0.25) is 0 Å². The number of likely N-dealkylation sites (N-methyl/N-ethyl adjacent to an activating group) is 1. The first-order valence-electron chi connectivity index (χ1n) is 6.43. The van der Waals surface area contributed by atoms with E-state index < -0.39 is 0 Å². The van der Waals surface area contributed by atoms with Gasteiger partial charge in [-0.15, -0.1) is 0 Å². The summed E-state index contributed by atoms with van der Waals surface area (Å²) in [5.41, 5.74) is 7.22. The average molecular weight is 267 g/mol. The van der Waals surface area contributed by atoms with Crippen molar-refractivity contribution in [1.29, 1.82) is 0 Å². The van der Waals surface area contributed by atoms with Crippen molar-refractivity contribution in [3.05, 3.63) is 28.8 Å². The Bertz CT molecular complexity index is 467. The van der Waals surface area contributed by atoms with Crippen molar-refractivity contribution in [1.82, 2.24) is 4.90 Å². The highest BCUT2D eigenvalue weighted by Gasteiger charge is 2.46. The van der Waals surface area contributed by atoms with E-state index in [1.54, 1.807) is 0 Å². The maximum Gasteiger partial charge on any atom is 0.125 e. The van der Waals surface area contributed by atoms with E-state index in [0.29, 0.717) is 6.04 Å². The van der Waals surface area contributed by atoms with Crippen molar-refractivity contribution in [3.8, 4) is 5.75 Å². The third-order valence-corrected chi connectivity index (χ3v) is 4.48. The molecule has 2 heterocycles. The smallest absolute Gasteiger partial charge is 0.125 e. The molecule has 1 spiro atoms. The van der Waals surface area contributed by atoms with Crippen molar-refractivity contribution in [2.75, 3.05) is 13.6 Å². The van der Waals surface area contributed by atoms with E-state index >= 15 is 0 Å². The Hall–Kier alpha value is -0.770. The molecule has 98 valence electrons. The van der Waals surface area contributed by atoms with Gasteiger partial charge in [0.25, 0.3) is 0 Å². The monoisotopic (exact) mass is 266 g/mol. The number of ether oxygens (including phenoxy) is 1. The molecule has 3 unspecified atom stereocenters. The van der Waals surface area contributed by atoms with Crippen LogP contribution in [0.15, 0.2) is 18.2 Å². The lowest BCUT2D eigenvalue weighted by Gasteiger charge is -2.38. The zero-order valence-electron chi connectivity index (χ0n) is 10.8. The van der Waals surface area contributed by atoms with Gasteiger partial charge in [-0.1, -0.05) is 11.6 Å². The van der Waals surface area contributed by atoms with Crippen LogP contribution in [-0.2, 0) is 0 Å². The Labute approximate surface area is 113 Å². The van der Waals surface area contributed by atoms with E-state index in [-0.39, 0.29) is 11.6 Å². The Balaban J connectivity index is 1.95. The van der Waals surface area contributed by atoms with Crippen molar-refractivity contribution in [2.45, 2.75) is 37.5 Å². The summed E-state index contributed by atoms with van der Waals surface area (Å²) in [6.45, 7) is 3.19. The van der Waals surface area contributed by atoms with Gasteiger partial charge in [0, 0.05) is 42.1 Å². The molecular weight excluding hydrogens is 248 g/mol. The zero-order valence-corrected chi connectivity index (χ0v) is 11.6. The summed E-state index contributed by atoms with van der Waals surface area (Å²) in [4.78, 5) is 2.34. The minimum atomic E-state index is -0.117. The van der Waals surface area contributed by atoms with E-state index in [1.165, 1.54) is 0 Å². The Morgan fingerprint density at radius 2 is 2.22 bits per heavy atom. The van der Waals surface area contributed by atoms with Crippen LogP contribution in [0, 0.1) is 0 Å². The zero-order chi connectivity index (χ0) is 12.9. The minimum Gasteiger partial charge on any atom is -0.485 e. The molecule has 3 nitrogen and oxygen atoms in total. The number of likely N-dealkylation sites (tertiary alicyclic amines) is 1. The Morgan fingerprint density at radius 1 is 1.44 bits per heavy atom. The third kappa shape index (κ3) is 1.91. The fourth-order valence-electron chi connectivity index (χ4n) is 3.28. The Kier molecular flexibility index (Phi) is 2.81. The number of fused-ring (bicyclic) bond motifs is 1. The fraction of sp³-hybridized carbons (Fsp3) is 0.571. The van der Waals surface area contributed by atoms with Crippen LogP contribution in [0.4, 0.5) is 0 Å². The largest absolute Gasteiger partial charge is 0.485 e. The summed E-state index contributed by atoms with van der Waals surface area (Å²) in [5, 5.41) is 0.723. The van der Waals surface area contributed by atoms with Crippen LogP contribution in [-0.4, -0.2) is 30.1 Å². The molecule has 2 N–H and O–H groups in total.